The van der Waals surface area contributed by atoms with Gasteiger partial charge in [-0.2, -0.15) is 0 Å². The van der Waals surface area contributed by atoms with Crippen LogP contribution in [0.25, 0.3) is 5.76 Å². The molecule has 0 aromatic heterocycles. The van der Waals surface area contributed by atoms with Gasteiger partial charge in [0.15, 0.2) is 11.5 Å². The molecular formula is C22H23NO7. The number of aromatic hydroxyl groups is 1. The quantitative estimate of drug-likeness (QED) is 0.408. The Bertz CT molecular complexity index is 999. The Kier molecular flexibility index (Phi) is 6.27. The number of Topliss-reactive ketones (excluding diaryl/α,β-unsaturated/α-hetero) is 1. The van der Waals surface area contributed by atoms with Crippen LogP contribution in [0.4, 0.5) is 0 Å². The SMILES string of the molecule is COCCN1C(=O)C(=O)/C(=C(/O)c2cccc(OC)c2)C1c1ccc(O)c(OC)c1. The molecule has 8 nitrogen and oxygen atoms in total. The molecule has 30 heavy (non-hydrogen) atoms. The second-order valence-corrected chi connectivity index (χ2v) is 6.65. The van der Waals surface area contributed by atoms with Crippen LogP contribution >= 0.6 is 0 Å². The molecule has 0 aliphatic carbocycles. The van der Waals surface area contributed by atoms with E-state index in [4.69, 9.17) is 14.2 Å². The van der Waals surface area contributed by atoms with Gasteiger partial charge in [-0.05, 0) is 29.8 Å². The monoisotopic (exact) mass is 413 g/mol. The third kappa shape index (κ3) is 3.81. The largest absolute Gasteiger partial charge is 0.507 e. The number of nitrogens with zero attached hydrogens (tertiary/aromatic N) is 1. The van der Waals surface area contributed by atoms with Crippen LogP contribution in [0, 0.1) is 0 Å². The maximum atomic E-state index is 12.9. The van der Waals surface area contributed by atoms with E-state index >= 15 is 0 Å². The lowest BCUT2D eigenvalue weighted by Gasteiger charge is -2.25. The molecule has 1 fully saturated rings. The zero-order chi connectivity index (χ0) is 21.8. The van der Waals surface area contributed by atoms with Gasteiger partial charge in [0, 0.05) is 19.2 Å². The highest BCUT2D eigenvalue weighted by Crippen LogP contribution is 2.41. The number of aliphatic hydroxyl groups excluding tert-OH is 1. The first-order valence-electron chi connectivity index (χ1n) is 9.21. The predicted octanol–water partition coefficient (Wildman–Crippen LogP) is 2.48. The number of methoxy groups -OCH3 is 3. The summed E-state index contributed by atoms with van der Waals surface area (Å²) in [6.07, 6.45) is 0. The second kappa shape index (κ2) is 8.87. The van der Waals surface area contributed by atoms with Crippen LogP contribution in [-0.2, 0) is 14.3 Å². The zero-order valence-corrected chi connectivity index (χ0v) is 16.9. The number of ketones is 1. The fourth-order valence-corrected chi connectivity index (χ4v) is 3.44. The number of phenolic OH excluding ortho intramolecular Hbond substituents is 1. The molecule has 1 heterocycles. The minimum Gasteiger partial charge on any atom is -0.507 e. The number of rotatable bonds is 7. The Morgan fingerprint density at radius 1 is 1.07 bits per heavy atom. The first-order chi connectivity index (χ1) is 14.4. The topological polar surface area (TPSA) is 106 Å². The summed E-state index contributed by atoms with van der Waals surface area (Å²) in [7, 11) is 4.38. The summed E-state index contributed by atoms with van der Waals surface area (Å²) in [6.45, 7) is 0.349. The first-order valence-corrected chi connectivity index (χ1v) is 9.21. The summed E-state index contributed by atoms with van der Waals surface area (Å²) >= 11 is 0. The van der Waals surface area contributed by atoms with E-state index in [9.17, 15) is 19.8 Å². The first kappa shape index (κ1) is 21.2. The molecule has 0 saturated carbocycles. The van der Waals surface area contributed by atoms with Crippen LogP contribution < -0.4 is 9.47 Å². The Morgan fingerprint density at radius 2 is 1.83 bits per heavy atom. The standard InChI is InChI=1S/C22H23NO7/c1-28-10-9-23-19(13-7-8-16(24)17(12-13)30-3)18(21(26)22(23)27)20(25)14-5-4-6-15(11-14)29-2/h4-8,11-12,19,24-25H,9-10H2,1-3H3/b20-18+. The van der Waals surface area contributed by atoms with E-state index in [0.29, 0.717) is 16.9 Å². The number of likely N-dealkylation sites (tertiary alicyclic amines) is 1. The van der Waals surface area contributed by atoms with Crippen molar-refractivity contribution in [2.75, 3.05) is 34.5 Å². The number of ether oxygens (including phenoxy) is 3. The number of carbonyl (C=O) groups excluding carboxylic acids is 2. The van der Waals surface area contributed by atoms with Crippen molar-refractivity contribution < 1.29 is 34.0 Å². The van der Waals surface area contributed by atoms with Gasteiger partial charge in [0.25, 0.3) is 11.7 Å². The molecular weight excluding hydrogens is 390 g/mol. The van der Waals surface area contributed by atoms with E-state index in [-0.39, 0.29) is 36.0 Å². The molecule has 3 rings (SSSR count). The Balaban J connectivity index is 2.19. The molecule has 0 radical (unpaired) electrons. The Labute approximate surface area is 173 Å². The van der Waals surface area contributed by atoms with E-state index in [2.05, 4.69) is 0 Å². The highest BCUT2D eigenvalue weighted by atomic mass is 16.5. The van der Waals surface area contributed by atoms with Gasteiger partial charge < -0.3 is 29.3 Å². The predicted molar refractivity (Wildman–Crippen MR) is 109 cm³/mol. The van der Waals surface area contributed by atoms with Crippen molar-refractivity contribution in [3.05, 3.63) is 59.2 Å². The van der Waals surface area contributed by atoms with Gasteiger partial charge in [0.1, 0.15) is 11.5 Å². The molecule has 2 aromatic rings. The summed E-state index contributed by atoms with van der Waals surface area (Å²) in [5, 5.41) is 20.9. The average molecular weight is 413 g/mol. The Morgan fingerprint density at radius 3 is 2.50 bits per heavy atom. The van der Waals surface area contributed by atoms with Crippen LogP contribution in [-0.4, -0.2) is 61.3 Å². The lowest BCUT2D eigenvalue weighted by molar-refractivity contribution is -0.140. The normalized spacial score (nSPS) is 18.0. The fourth-order valence-electron chi connectivity index (χ4n) is 3.44. The Hall–Kier alpha value is -3.52. The molecule has 1 aliphatic heterocycles. The van der Waals surface area contributed by atoms with Crippen LogP contribution in [0.2, 0.25) is 0 Å². The van der Waals surface area contributed by atoms with E-state index < -0.39 is 17.7 Å². The van der Waals surface area contributed by atoms with Gasteiger partial charge in [-0.15, -0.1) is 0 Å². The third-order valence-corrected chi connectivity index (χ3v) is 4.94. The molecule has 158 valence electrons. The van der Waals surface area contributed by atoms with Crippen molar-refractivity contribution >= 4 is 17.4 Å². The molecule has 8 heteroatoms. The fraction of sp³-hybridized carbons (Fsp3) is 0.273. The summed E-state index contributed by atoms with van der Waals surface area (Å²) in [6, 6.07) is 10.2. The van der Waals surface area contributed by atoms with Gasteiger partial charge in [-0.3, -0.25) is 9.59 Å². The summed E-state index contributed by atoms with van der Waals surface area (Å²) in [5.74, 6) is -1.26. The lowest BCUT2D eigenvalue weighted by Crippen LogP contribution is -2.32. The average Bonchev–Trinajstić information content (AvgIpc) is 3.02. The van der Waals surface area contributed by atoms with Gasteiger partial charge in [0.2, 0.25) is 0 Å². The maximum absolute atomic E-state index is 12.9. The van der Waals surface area contributed by atoms with Crippen LogP contribution in [0.15, 0.2) is 48.0 Å². The van der Waals surface area contributed by atoms with Crippen molar-refractivity contribution in [3.8, 4) is 17.2 Å². The van der Waals surface area contributed by atoms with E-state index in [1.54, 1.807) is 30.3 Å². The van der Waals surface area contributed by atoms with Gasteiger partial charge in [-0.1, -0.05) is 18.2 Å². The molecule has 0 spiro atoms. The van der Waals surface area contributed by atoms with Gasteiger partial charge in [-0.25, -0.2) is 0 Å². The zero-order valence-electron chi connectivity index (χ0n) is 16.9. The molecule has 0 bridgehead atoms. The van der Waals surface area contributed by atoms with Gasteiger partial charge in [0.05, 0.1) is 32.4 Å². The minimum atomic E-state index is -0.874. The second-order valence-electron chi connectivity index (χ2n) is 6.65. The van der Waals surface area contributed by atoms with Crippen molar-refractivity contribution in [2.24, 2.45) is 0 Å². The molecule has 1 saturated heterocycles. The van der Waals surface area contributed by atoms with Crippen molar-refractivity contribution in [2.45, 2.75) is 6.04 Å². The summed E-state index contributed by atoms with van der Waals surface area (Å²) < 4.78 is 15.4. The maximum Gasteiger partial charge on any atom is 0.295 e. The number of hydrogen-bond acceptors (Lipinski definition) is 7. The van der Waals surface area contributed by atoms with E-state index in [0.717, 1.165) is 0 Å². The number of carbonyl (C=O) groups is 2. The van der Waals surface area contributed by atoms with Crippen molar-refractivity contribution in [3.63, 3.8) is 0 Å². The summed E-state index contributed by atoms with van der Waals surface area (Å²) in [4.78, 5) is 27.0. The highest BCUT2D eigenvalue weighted by molar-refractivity contribution is 6.46. The van der Waals surface area contributed by atoms with E-state index in [1.165, 1.54) is 38.4 Å². The number of hydrogen-bond donors (Lipinski definition) is 2. The number of benzene rings is 2. The smallest absolute Gasteiger partial charge is 0.295 e. The molecule has 1 unspecified atom stereocenters. The molecule has 1 atom stereocenters. The minimum absolute atomic E-state index is 0.0582. The van der Waals surface area contributed by atoms with Crippen LogP contribution in [0.5, 0.6) is 17.2 Å². The van der Waals surface area contributed by atoms with Crippen molar-refractivity contribution in [1.82, 2.24) is 4.90 Å². The molecule has 1 amide bonds. The molecule has 2 N–H and O–H groups in total. The number of phenols is 1. The highest BCUT2D eigenvalue weighted by Gasteiger charge is 2.46. The van der Waals surface area contributed by atoms with E-state index in [1.807, 2.05) is 0 Å². The molecule has 2 aromatic carbocycles. The van der Waals surface area contributed by atoms with Crippen LogP contribution in [0.3, 0.4) is 0 Å². The van der Waals surface area contributed by atoms with Gasteiger partial charge >= 0.3 is 0 Å². The van der Waals surface area contributed by atoms with Crippen LogP contribution in [0.1, 0.15) is 17.2 Å². The lowest BCUT2D eigenvalue weighted by atomic mass is 9.95. The summed E-state index contributed by atoms with van der Waals surface area (Å²) in [5.41, 5.74) is 0.788. The number of amides is 1. The van der Waals surface area contributed by atoms with Crippen molar-refractivity contribution in [1.29, 1.82) is 0 Å². The molecule has 1 aliphatic rings. The number of aliphatic hydroxyl groups is 1. The third-order valence-electron chi connectivity index (χ3n) is 4.94.